The maximum absolute atomic E-state index is 13.0. The number of rotatable bonds is 4. The van der Waals surface area contributed by atoms with Crippen LogP contribution < -0.4 is 10.6 Å². The van der Waals surface area contributed by atoms with Crippen LogP contribution in [-0.2, 0) is 6.54 Å². The van der Waals surface area contributed by atoms with Gasteiger partial charge in [0.2, 0.25) is 5.82 Å². The summed E-state index contributed by atoms with van der Waals surface area (Å²) in [6, 6.07) is 6.23. The first-order valence-electron chi connectivity index (χ1n) is 8.71. The molecule has 7 heteroatoms. The molecular weight excluding hydrogens is 333 g/mol. The predicted molar refractivity (Wildman–Crippen MR) is 98.5 cm³/mol. The van der Waals surface area contributed by atoms with Crippen LogP contribution in [0, 0.1) is 19.7 Å². The van der Waals surface area contributed by atoms with E-state index in [4.69, 9.17) is 5.73 Å². The minimum Gasteiger partial charge on any atom is -0.355 e. The maximum Gasteiger partial charge on any atom is 0.291 e. The summed E-state index contributed by atoms with van der Waals surface area (Å²) in [6.45, 7) is 5.77. The number of hydrogen-bond donors (Lipinski definition) is 1. The molecule has 0 unspecified atom stereocenters. The minimum absolute atomic E-state index is 0.130. The molecule has 26 heavy (non-hydrogen) atoms. The first kappa shape index (κ1) is 18.3. The van der Waals surface area contributed by atoms with E-state index >= 15 is 0 Å². The lowest BCUT2D eigenvalue weighted by molar-refractivity contribution is 0.0772. The number of aromatic nitrogens is 2. The van der Waals surface area contributed by atoms with E-state index in [1.807, 2.05) is 13.8 Å². The molecule has 138 valence electrons. The zero-order valence-corrected chi connectivity index (χ0v) is 15.4. The van der Waals surface area contributed by atoms with E-state index in [0.29, 0.717) is 6.54 Å². The van der Waals surface area contributed by atoms with E-state index in [0.717, 1.165) is 42.1 Å². The van der Waals surface area contributed by atoms with E-state index in [1.165, 1.54) is 17.0 Å². The minimum atomic E-state index is -0.298. The summed E-state index contributed by atoms with van der Waals surface area (Å²) in [6.07, 6.45) is 0.913. The molecule has 1 amide bonds. The summed E-state index contributed by atoms with van der Waals surface area (Å²) in [5.41, 5.74) is 8.61. The Kier molecular flexibility index (Phi) is 5.18. The number of amides is 1. The molecule has 1 aromatic carbocycles. The van der Waals surface area contributed by atoms with Crippen molar-refractivity contribution in [2.24, 2.45) is 5.73 Å². The molecule has 0 radical (unpaired) electrons. The molecule has 1 saturated heterocycles. The summed E-state index contributed by atoms with van der Waals surface area (Å²) in [7, 11) is 1.69. The van der Waals surface area contributed by atoms with E-state index < -0.39 is 0 Å². The van der Waals surface area contributed by atoms with Gasteiger partial charge in [0.25, 0.3) is 5.91 Å². The molecule has 1 aliphatic rings. The predicted octanol–water partition coefficient (Wildman–Crippen LogP) is 2.04. The Labute approximate surface area is 152 Å². The number of hydrogen-bond acceptors (Lipinski definition) is 5. The molecule has 0 spiro atoms. The smallest absolute Gasteiger partial charge is 0.291 e. The highest BCUT2D eigenvalue weighted by atomic mass is 19.1. The number of aryl methyl sites for hydroxylation is 1. The quantitative estimate of drug-likeness (QED) is 0.906. The lowest BCUT2D eigenvalue weighted by Crippen LogP contribution is -2.31. The summed E-state index contributed by atoms with van der Waals surface area (Å²) >= 11 is 0. The highest BCUT2D eigenvalue weighted by Gasteiger charge is 2.25. The molecule has 1 atom stereocenters. The average molecular weight is 357 g/mol. The molecule has 1 fully saturated rings. The van der Waals surface area contributed by atoms with Crippen molar-refractivity contribution < 1.29 is 9.18 Å². The van der Waals surface area contributed by atoms with Crippen LogP contribution in [-0.4, -0.2) is 47.0 Å². The Morgan fingerprint density at radius 3 is 2.62 bits per heavy atom. The number of carbonyl (C=O) groups excluding carboxylic acids is 1. The van der Waals surface area contributed by atoms with E-state index in [2.05, 4.69) is 14.9 Å². The largest absolute Gasteiger partial charge is 0.355 e. The maximum atomic E-state index is 13.0. The molecule has 0 aliphatic carbocycles. The number of benzene rings is 1. The van der Waals surface area contributed by atoms with Crippen molar-refractivity contribution in [3.05, 3.63) is 52.7 Å². The van der Waals surface area contributed by atoms with E-state index in [9.17, 15) is 9.18 Å². The van der Waals surface area contributed by atoms with Crippen LogP contribution in [0.5, 0.6) is 0 Å². The first-order chi connectivity index (χ1) is 12.3. The Morgan fingerprint density at radius 1 is 1.31 bits per heavy atom. The van der Waals surface area contributed by atoms with Crippen LogP contribution in [0.15, 0.2) is 24.3 Å². The van der Waals surface area contributed by atoms with Gasteiger partial charge < -0.3 is 15.5 Å². The highest BCUT2D eigenvalue weighted by molar-refractivity contribution is 5.90. The SMILES string of the molecule is Cc1nc(C(=O)N(C)Cc2ccc(F)cc2)nc(N2CC[C@@H](N)C2)c1C. The normalized spacial score (nSPS) is 16.8. The van der Waals surface area contributed by atoms with E-state index in [1.54, 1.807) is 19.2 Å². The summed E-state index contributed by atoms with van der Waals surface area (Å²) < 4.78 is 13.0. The molecule has 0 saturated carbocycles. The van der Waals surface area contributed by atoms with Gasteiger partial charge in [-0.15, -0.1) is 0 Å². The van der Waals surface area contributed by atoms with Crippen LogP contribution in [0.2, 0.25) is 0 Å². The molecule has 3 rings (SSSR count). The van der Waals surface area contributed by atoms with Gasteiger partial charge in [0.1, 0.15) is 11.6 Å². The van der Waals surface area contributed by atoms with Gasteiger partial charge in [0, 0.05) is 44.0 Å². The van der Waals surface area contributed by atoms with Gasteiger partial charge >= 0.3 is 0 Å². The number of halogens is 1. The van der Waals surface area contributed by atoms with Gasteiger partial charge in [-0.3, -0.25) is 4.79 Å². The third-order valence-electron chi connectivity index (χ3n) is 4.76. The van der Waals surface area contributed by atoms with Crippen LogP contribution in [0.25, 0.3) is 0 Å². The molecule has 2 N–H and O–H groups in total. The number of anilines is 1. The van der Waals surface area contributed by atoms with Crippen molar-refractivity contribution in [2.45, 2.75) is 32.9 Å². The van der Waals surface area contributed by atoms with Crippen molar-refractivity contribution in [2.75, 3.05) is 25.0 Å². The van der Waals surface area contributed by atoms with Crippen LogP contribution in [0.3, 0.4) is 0 Å². The zero-order chi connectivity index (χ0) is 18.8. The second-order valence-electron chi connectivity index (χ2n) is 6.86. The average Bonchev–Trinajstić information content (AvgIpc) is 3.04. The summed E-state index contributed by atoms with van der Waals surface area (Å²) in [5.74, 6) is 0.396. The topological polar surface area (TPSA) is 75.4 Å². The molecule has 2 aromatic rings. The number of carbonyl (C=O) groups is 1. The fourth-order valence-electron chi connectivity index (χ4n) is 3.10. The van der Waals surface area contributed by atoms with Crippen molar-refractivity contribution >= 4 is 11.7 Å². The second-order valence-corrected chi connectivity index (χ2v) is 6.86. The molecular formula is C19H24FN5O. The standard InChI is InChI=1S/C19H24FN5O/c1-12-13(2)22-17(23-18(12)25-9-8-16(21)11-25)19(26)24(3)10-14-4-6-15(20)7-5-14/h4-7,16H,8-11,21H2,1-3H3/t16-/m1/s1. The van der Waals surface area contributed by atoms with Crippen LogP contribution in [0.4, 0.5) is 10.2 Å². The molecule has 1 aromatic heterocycles. The van der Waals surface area contributed by atoms with Crippen molar-refractivity contribution in [3.63, 3.8) is 0 Å². The molecule has 2 heterocycles. The molecule has 0 bridgehead atoms. The molecule has 6 nitrogen and oxygen atoms in total. The van der Waals surface area contributed by atoms with Gasteiger partial charge in [-0.05, 0) is 38.0 Å². The Morgan fingerprint density at radius 2 is 2.00 bits per heavy atom. The Hall–Kier alpha value is -2.54. The lowest BCUT2D eigenvalue weighted by atomic mass is 10.2. The van der Waals surface area contributed by atoms with Crippen LogP contribution >= 0.6 is 0 Å². The van der Waals surface area contributed by atoms with Crippen molar-refractivity contribution in [1.82, 2.24) is 14.9 Å². The van der Waals surface area contributed by atoms with Gasteiger partial charge in [0.15, 0.2) is 0 Å². The fraction of sp³-hybridized carbons (Fsp3) is 0.421. The number of nitrogens with two attached hydrogens (primary N) is 1. The van der Waals surface area contributed by atoms with Crippen molar-refractivity contribution in [1.29, 1.82) is 0 Å². The van der Waals surface area contributed by atoms with Gasteiger partial charge in [-0.2, -0.15) is 0 Å². The monoisotopic (exact) mass is 357 g/mol. The second kappa shape index (κ2) is 7.37. The third kappa shape index (κ3) is 3.83. The van der Waals surface area contributed by atoms with Gasteiger partial charge in [-0.25, -0.2) is 14.4 Å². The third-order valence-corrected chi connectivity index (χ3v) is 4.76. The zero-order valence-electron chi connectivity index (χ0n) is 15.4. The Bertz CT molecular complexity index is 808. The van der Waals surface area contributed by atoms with Crippen LogP contribution in [0.1, 0.15) is 33.9 Å². The Balaban J connectivity index is 1.82. The summed E-state index contributed by atoms with van der Waals surface area (Å²) in [5, 5.41) is 0. The highest BCUT2D eigenvalue weighted by Crippen LogP contribution is 2.23. The number of nitrogens with zero attached hydrogens (tertiary/aromatic N) is 4. The summed E-state index contributed by atoms with van der Waals surface area (Å²) in [4.78, 5) is 25.4. The first-order valence-corrected chi connectivity index (χ1v) is 8.71. The fourth-order valence-corrected chi connectivity index (χ4v) is 3.10. The van der Waals surface area contributed by atoms with Gasteiger partial charge in [0.05, 0.1) is 0 Å². The van der Waals surface area contributed by atoms with Crippen molar-refractivity contribution in [3.8, 4) is 0 Å². The molecule has 1 aliphatic heterocycles. The van der Waals surface area contributed by atoms with Gasteiger partial charge in [-0.1, -0.05) is 12.1 Å². The van der Waals surface area contributed by atoms with E-state index in [-0.39, 0.29) is 23.6 Å². The lowest BCUT2D eigenvalue weighted by Gasteiger charge is -2.22.